The molecule has 1 saturated heterocycles. The van der Waals surface area contributed by atoms with Crippen LogP contribution in [0.5, 0.6) is 0 Å². The molecular weight excluding hydrogens is 266 g/mol. The number of ether oxygens (including phenoxy) is 1. The number of nitrogens with zero attached hydrogens (tertiary/aromatic N) is 2. The highest BCUT2D eigenvalue weighted by atomic mass is 16.6. The molecule has 0 bridgehead atoms. The molecule has 0 spiro atoms. The SMILES string of the molecule is CC(C)(N)CCCCN1CCN(C(=O)OC(C)(C)C)CC1. The molecule has 1 aliphatic heterocycles. The summed E-state index contributed by atoms with van der Waals surface area (Å²) in [7, 11) is 0. The van der Waals surface area contributed by atoms with Gasteiger partial charge in [-0.1, -0.05) is 6.42 Å². The highest BCUT2D eigenvalue weighted by molar-refractivity contribution is 5.68. The Morgan fingerprint density at radius 2 is 1.62 bits per heavy atom. The van der Waals surface area contributed by atoms with Gasteiger partial charge in [-0.2, -0.15) is 0 Å². The maximum atomic E-state index is 12.0. The van der Waals surface area contributed by atoms with Gasteiger partial charge in [0.05, 0.1) is 0 Å². The van der Waals surface area contributed by atoms with E-state index in [0.717, 1.165) is 45.6 Å². The van der Waals surface area contributed by atoms with Gasteiger partial charge in [-0.3, -0.25) is 4.90 Å². The average Bonchev–Trinajstić information content (AvgIpc) is 2.32. The van der Waals surface area contributed by atoms with Crippen LogP contribution >= 0.6 is 0 Å². The minimum Gasteiger partial charge on any atom is -0.444 e. The highest BCUT2D eigenvalue weighted by Gasteiger charge is 2.25. The van der Waals surface area contributed by atoms with Gasteiger partial charge in [0.25, 0.3) is 0 Å². The van der Waals surface area contributed by atoms with Crippen LogP contribution in [-0.4, -0.2) is 59.8 Å². The monoisotopic (exact) mass is 299 g/mol. The van der Waals surface area contributed by atoms with Crippen molar-refractivity contribution in [2.75, 3.05) is 32.7 Å². The zero-order valence-corrected chi connectivity index (χ0v) is 14.4. The Morgan fingerprint density at radius 1 is 1.05 bits per heavy atom. The molecule has 0 saturated carbocycles. The summed E-state index contributed by atoms with van der Waals surface area (Å²) in [5.74, 6) is 0. The van der Waals surface area contributed by atoms with E-state index >= 15 is 0 Å². The lowest BCUT2D eigenvalue weighted by molar-refractivity contribution is 0.0144. The van der Waals surface area contributed by atoms with Gasteiger partial charge >= 0.3 is 6.09 Å². The van der Waals surface area contributed by atoms with Crippen LogP contribution in [0.3, 0.4) is 0 Å². The summed E-state index contributed by atoms with van der Waals surface area (Å²) >= 11 is 0. The second-order valence-corrected chi connectivity index (χ2v) is 7.75. The second-order valence-electron chi connectivity index (χ2n) is 7.75. The van der Waals surface area contributed by atoms with E-state index in [0.29, 0.717) is 0 Å². The maximum Gasteiger partial charge on any atom is 0.410 e. The van der Waals surface area contributed by atoms with E-state index in [1.165, 1.54) is 6.42 Å². The Bertz CT molecular complexity index is 323. The van der Waals surface area contributed by atoms with Crippen LogP contribution in [0.1, 0.15) is 53.9 Å². The smallest absolute Gasteiger partial charge is 0.410 e. The van der Waals surface area contributed by atoms with Gasteiger partial charge in [0.15, 0.2) is 0 Å². The first-order valence-electron chi connectivity index (χ1n) is 8.06. The van der Waals surface area contributed by atoms with Crippen LogP contribution in [-0.2, 0) is 4.74 Å². The lowest BCUT2D eigenvalue weighted by Gasteiger charge is -2.35. The standard InChI is InChI=1S/C16H33N3O2/c1-15(2,3)21-14(20)19-12-10-18(11-13-19)9-7-6-8-16(4,5)17/h6-13,17H2,1-5H3. The first-order valence-corrected chi connectivity index (χ1v) is 8.06. The average molecular weight is 299 g/mol. The van der Waals surface area contributed by atoms with Crippen LogP contribution < -0.4 is 5.73 Å². The molecule has 0 aromatic carbocycles. The van der Waals surface area contributed by atoms with Gasteiger partial charge < -0.3 is 15.4 Å². The number of amides is 1. The third-order valence-electron chi connectivity index (χ3n) is 3.57. The van der Waals surface area contributed by atoms with E-state index in [2.05, 4.69) is 18.7 Å². The number of carbonyl (C=O) groups is 1. The summed E-state index contributed by atoms with van der Waals surface area (Å²) in [4.78, 5) is 16.2. The van der Waals surface area contributed by atoms with E-state index in [1.807, 2.05) is 25.7 Å². The number of hydrogen-bond donors (Lipinski definition) is 1. The molecule has 0 unspecified atom stereocenters. The molecule has 0 aromatic rings. The Labute approximate surface area is 129 Å². The molecule has 5 heteroatoms. The van der Waals surface area contributed by atoms with Crippen molar-refractivity contribution >= 4 is 6.09 Å². The fourth-order valence-electron chi connectivity index (χ4n) is 2.40. The number of piperazine rings is 1. The van der Waals surface area contributed by atoms with Crippen molar-refractivity contribution in [1.29, 1.82) is 0 Å². The third-order valence-corrected chi connectivity index (χ3v) is 3.57. The van der Waals surface area contributed by atoms with Crippen LogP contribution in [0.4, 0.5) is 4.79 Å². The van der Waals surface area contributed by atoms with Crippen molar-refractivity contribution in [2.45, 2.75) is 65.0 Å². The molecule has 1 rings (SSSR count). The summed E-state index contributed by atoms with van der Waals surface area (Å²) in [6.07, 6.45) is 3.21. The largest absolute Gasteiger partial charge is 0.444 e. The summed E-state index contributed by atoms with van der Waals surface area (Å²) in [6.45, 7) is 14.4. The Balaban J connectivity index is 2.19. The minimum absolute atomic E-state index is 0.0601. The molecule has 2 N–H and O–H groups in total. The van der Waals surface area contributed by atoms with Crippen molar-refractivity contribution in [3.05, 3.63) is 0 Å². The van der Waals surface area contributed by atoms with Gasteiger partial charge in [-0.05, 0) is 54.0 Å². The molecule has 0 aromatic heterocycles. The Kier molecular flexibility index (Phi) is 6.47. The topological polar surface area (TPSA) is 58.8 Å². The van der Waals surface area contributed by atoms with Crippen molar-refractivity contribution in [3.8, 4) is 0 Å². The van der Waals surface area contributed by atoms with Crippen molar-refractivity contribution in [1.82, 2.24) is 9.80 Å². The number of unbranched alkanes of at least 4 members (excludes halogenated alkanes) is 1. The molecule has 124 valence electrons. The molecule has 0 atom stereocenters. The normalized spacial score (nSPS) is 17.9. The molecule has 1 amide bonds. The van der Waals surface area contributed by atoms with E-state index in [4.69, 9.17) is 10.5 Å². The molecule has 0 radical (unpaired) electrons. The van der Waals surface area contributed by atoms with Gasteiger partial charge in [0.2, 0.25) is 0 Å². The predicted molar refractivity (Wildman–Crippen MR) is 86.4 cm³/mol. The van der Waals surface area contributed by atoms with Crippen LogP contribution in [0, 0.1) is 0 Å². The molecule has 5 nitrogen and oxygen atoms in total. The second kappa shape index (κ2) is 7.45. The lowest BCUT2D eigenvalue weighted by Crippen LogP contribution is -2.50. The Hall–Kier alpha value is -0.810. The number of rotatable bonds is 5. The lowest BCUT2D eigenvalue weighted by atomic mass is 9.99. The van der Waals surface area contributed by atoms with Crippen molar-refractivity contribution in [3.63, 3.8) is 0 Å². The van der Waals surface area contributed by atoms with Crippen molar-refractivity contribution in [2.24, 2.45) is 5.73 Å². The van der Waals surface area contributed by atoms with Gasteiger partial charge in [0, 0.05) is 31.7 Å². The van der Waals surface area contributed by atoms with Gasteiger partial charge in [-0.25, -0.2) is 4.79 Å². The van der Waals surface area contributed by atoms with E-state index < -0.39 is 5.60 Å². The number of nitrogens with two attached hydrogens (primary N) is 1. The number of hydrogen-bond acceptors (Lipinski definition) is 4. The zero-order valence-electron chi connectivity index (χ0n) is 14.4. The Morgan fingerprint density at radius 3 is 2.10 bits per heavy atom. The fraction of sp³-hybridized carbons (Fsp3) is 0.938. The summed E-state index contributed by atoms with van der Waals surface area (Å²) in [5.41, 5.74) is 5.51. The van der Waals surface area contributed by atoms with E-state index in [-0.39, 0.29) is 11.6 Å². The van der Waals surface area contributed by atoms with Gasteiger partial charge in [-0.15, -0.1) is 0 Å². The maximum absolute atomic E-state index is 12.0. The minimum atomic E-state index is -0.413. The highest BCUT2D eigenvalue weighted by Crippen LogP contribution is 2.13. The summed E-state index contributed by atoms with van der Waals surface area (Å²) < 4.78 is 5.40. The summed E-state index contributed by atoms with van der Waals surface area (Å²) in [5, 5.41) is 0. The first-order chi connectivity index (χ1) is 9.57. The van der Waals surface area contributed by atoms with Crippen LogP contribution in [0.25, 0.3) is 0 Å². The molecule has 0 aliphatic carbocycles. The van der Waals surface area contributed by atoms with E-state index in [9.17, 15) is 4.79 Å². The molecular formula is C16H33N3O2. The molecule has 1 fully saturated rings. The van der Waals surface area contributed by atoms with E-state index in [1.54, 1.807) is 0 Å². The van der Waals surface area contributed by atoms with Gasteiger partial charge in [0.1, 0.15) is 5.60 Å². The van der Waals surface area contributed by atoms with Crippen molar-refractivity contribution < 1.29 is 9.53 Å². The summed E-state index contributed by atoms with van der Waals surface area (Å²) in [6, 6.07) is 0. The van der Waals surface area contributed by atoms with Crippen LogP contribution in [0.15, 0.2) is 0 Å². The molecule has 1 heterocycles. The molecule has 1 aliphatic rings. The first kappa shape index (κ1) is 18.2. The molecule has 21 heavy (non-hydrogen) atoms. The fourth-order valence-corrected chi connectivity index (χ4v) is 2.40. The van der Waals surface area contributed by atoms with Crippen LogP contribution in [0.2, 0.25) is 0 Å². The quantitative estimate of drug-likeness (QED) is 0.792. The zero-order chi connectivity index (χ0) is 16.1. The number of carbonyl (C=O) groups excluding carboxylic acids is 1. The predicted octanol–water partition coefficient (Wildman–Crippen LogP) is 2.45. The third kappa shape index (κ3) is 8.27.